The summed E-state index contributed by atoms with van der Waals surface area (Å²) in [6.07, 6.45) is 2.72. The van der Waals surface area contributed by atoms with Crippen molar-refractivity contribution < 1.29 is 14.3 Å². The minimum absolute atomic E-state index is 0.600. The van der Waals surface area contributed by atoms with Crippen LogP contribution in [0.5, 0.6) is 0 Å². The van der Waals surface area contributed by atoms with E-state index in [1.807, 2.05) is 30.3 Å². The minimum Gasteiger partial charge on any atom is -0.320 e. The van der Waals surface area contributed by atoms with Gasteiger partial charge >= 0.3 is 6.72 Å². The molecular weight excluding hydrogens is 233 g/mol. The SMILES string of the molecule is O=C=NP(=O)(O)S/C=C/c1ccccc1. The van der Waals surface area contributed by atoms with Crippen LogP contribution in [0.2, 0.25) is 0 Å². The van der Waals surface area contributed by atoms with Gasteiger partial charge < -0.3 is 4.89 Å². The number of carbonyl (C=O) groups excluding carboxylic acids is 1. The van der Waals surface area contributed by atoms with Gasteiger partial charge in [-0.2, -0.15) is 0 Å². The lowest BCUT2D eigenvalue weighted by molar-refractivity contribution is 0.498. The first-order valence-electron chi connectivity index (χ1n) is 3.96. The molecule has 0 aliphatic heterocycles. The standard InChI is InChI=1S/C9H8NO3PS/c11-8-10-14(12,13)15-7-6-9-4-2-1-3-5-9/h1-7H,(H,12,13)/b7-6+. The van der Waals surface area contributed by atoms with E-state index in [2.05, 4.69) is 4.76 Å². The van der Waals surface area contributed by atoms with E-state index in [0.717, 1.165) is 11.6 Å². The molecule has 1 N–H and O–H groups in total. The van der Waals surface area contributed by atoms with E-state index >= 15 is 0 Å². The van der Waals surface area contributed by atoms with Gasteiger partial charge in [0.1, 0.15) is 0 Å². The largest absolute Gasteiger partial charge is 0.383 e. The molecule has 0 saturated heterocycles. The summed E-state index contributed by atoms with van der Waals surface area (Å²) in [5.74, 6) is 0. The van der Waals surface area contributed by atoms with Crippen LogP contribution in [-0.4, -0.2) is 11.0 Å². The fourth-order valence-electron chi connectivity index (χ4n) is 0.828. The van der Waals surface area contributed by atoms with Crippen molar-refractivity contribution >= 4 is 30.3 Å². The Hall–Kier alpha value is -1.12. The summed E-state index contributed by atoms with van der Waals surface area (Å²) in [6, 6.07) is 9.28. The van der Waals surface area contributed by atoms with Gasteiger partial charge in [-0.25, -0.2) is 4.79 Å². The molecule has 1 rings (SSSR count). The normalized spacial score (nSPS) is 14.5. The second-order valence-corrected chi connectivity index (χ2v) is 6.22. The lowest BCUT2D eigenvalue weighted by atomic mass is 10.2. The van der Waals surface area contributed by atoms with Crippen LogP contribution in [0.1, 0.15) is 5.56 Å². The van der Waals surface area contributed by atoms with Crippen LogP contribution >= 0.6 is 18.1 Å². The first-order chi connectivity index (χ1) is 7.14. The Bertz CT molecular complexity index is 440. The van der Waals surface area contributed by atoms with E-state index in [0.29, 0.717) is 11.4 Å². The Kier molecular flexibility index (Phi) is 4.53. The number of nitrogens with zero attached hydrogens (tertiary/aromatic N) is 1. The maximum absolute atomic E-state index is 11.0. The molecule has 15 heavy (non-hydrogen) atoms. The van der Waals surface area contributed by atoms with E-state index in [-0.39, 0.29) is 0 Å². The molecule has 0 spiro atoms. The molecule has 78 valence electrons. The van der Waals surface area contributed by atoms with Gasteiger partial charge in [-0.05, 0) is 28.4 Å². The number of isocyanates is 1. The molecular formula is C9H8NO3PS. The molecule has 1 aromatic rings. The van der Waals surface area contributed by atoms with E-state index in [1.165, 1.54) is 5.41 Å². The van der Waals surface area contributed by atoms with Crippen molar-refractivity contribution in [1.82, 2.24) is 0 Å². The van der Waals surface area contributed by atoms with Crippen molar-refractivity contribution in [3.63, 3.8) is 0 Å². The second kappa shape index (κ2) is 5.69. The van der Waals surface area contributed by atoms with Gasteiger partial charge in [-0.1, -0.05) is 30.3 Å². The van der Waals surface area contributed by atoms with Crippen LogP contribution in [0.15, 0.2) is 40.5 Å². The van der Waals surface area contributed by atoms with Gasteiger partial charge in [-0.15, -0.1) is 4.76 Å². The van der Waals surface area contributed by atoms with Crippen molar-refractivity contribution in [3.05, 3.63) is 41.3 Å². The van der Waals surface area contributed by atoms with E-state index in [9.17, 15) is 9.36 Å². The Morgan fingerprint density at radius 3 is 2.67 bits per heavy atom. The van der Waals surface area contributed by atoms with Crippen LogP contribution < -0.4 is 0 Å². The van der Waals surface area contributed by atoms with Crippen molar-refractivity contribution in [2.24, 2.45) is 4.76 Å². The molecule has 0 saturated carbocycles. The maximum atomic E-state index is 11.0. The van der Waals surface area contributed by atoms with Gasteiger partial charge in [0.15, 0.2) is 0 Å². The molecule has 0 fully saturated rings. The Balaban J connectivity index is 2.62. The molecule has 1 unspecified atom stereocenters. The smallest absolute Gasteiger partial charge is 0.320 e. The average Bonchev–Trinajstić information content (AvgIpc) is 2.19. The molecule has 4 nitrogen and oxygen atoms in total. The number of hydrogen-bond acceptors (Lipinski definition) is 3. The van der Waals surface area contributed by atoms with Gasteiger partial charge in [0.25, 0.3) is 0 Å². The van der Waals surface area contributed by atoms with Crippen LogP contribution in [0.4, 0.5) is 0 Å². The van der Waals surface area contributed by atoms with Crippen molar-refractivity contribution in [2.45, 2.75) is 0 Å². The number of rotatable bonds is 4. The molecule has 0 aliphatic rings. The zero-order valence-corrected chi connectivity index (χ0v) is 9.32. The third-order valence-electron chi connectivity index (χ3n) is 1.43. The minimum atomic E-state index is -3.80. The molecule has 1 atom stereocenters. The summed E-state index contributed by atoms with van der Waals surface area (Å²) in [7, 11) is 0. The summed E-state index contributed by atoms with van der Waals surface area (Å²) >= 11 is 0.600. The Morgan fingerprint density at radius 2 is 2.07 bits per heavy atom. The van der Waals surface area contributed by atoms with Gasteiger partial charge in [-0.3, -0.25) is 4.57 Å². The molecule has 0 heterocycles. The van der Waals surface area contributed by atoms with Crippen molar-refractivity contribution in [2.75, 3.05) is 0 Å². The first kappa shape index (κ1) is 12.0. The van der Waals surface area contributed by atoms with Gasteiger partial charge in [0, 0.05) is 0 Å². The summed E-state index contributed by atoms with van der Waals surface area (Å²) in [5, 5.41) is 1.43. The van der Waals surface area contributed by atoms with Crippen molar-refractivity contribution in [3.8, 4) is 0 Å². The van der Waals surface area contributed by atoms with E-state index in [1.54, 1.807) is 6.08 Å². The average molecular weight is 241 g/mol. The zero-order valence-electron chi connectivity index (χ0n) is 7.61. The Morgan fingerprint density at radius 1 is 1.40 bits per heavy atom. The van der Waals surface area contributed by atoms with E-state index in [4.69, 9.17) is 4.89 Å². The predicted octanol–water partition coefficient (Wildman–Crippen LogP) is 2.83. The quantitative estimate of drug-likeness (QED) is 0.500. The molecule has 0 radical (unpaired) electrons. The Labute approximate surface area is 91.0 Å². The third-order valence-corrected chi connectivity index (χ3v) is 3.73. The van der Waals surface area contributed by atoms with Crippen LogP contribution in [-0.2, 0) is 9.36 Å². The fraction of sp³-hybridized carbons (Fsp3) is 0. The lowest BCUT2D eigenvalue weighted by Crippen LogP contribution is -1.68. The predicted molar refractivity (Wildman–Crippen MR) is 61.0 cm³/mol. The maximum Gasteiger partial charge on any atom is 0.383 e. The summed E-state index contributed by atoms with van der Waals surface area (Å²) in [6.45, 7) is -3.80. The summed E-state index contributed by atoms with van der Waals surface area (Å²) in [5.41, 5.74) is 0.903. The van der Waals surface area contributed by atoms with Crippen LogP contribution in [0, 0.1) is 0 Å². The highest BCUT2D eigenvalue weighted by molar-refractivity contribution is 8.57. The monoisotopic (exact) mass is 241 g/mol. The summed E-state index contributed by atoms with van der Waals surface area (Å²) < 4.78 is 13.8. The number of benzene rings is 1. The highest BCUT2D eigenvalue weighted by Gasteiger charge is 2.14. The molecule has 0 aromatic heterocycles. The molecule has 1 aromatic carbocycles. The van der Waals surface area contributed by atoms with Crippen molar-refractivity contribution in [1.29, 1.82) is 0 Å². The number of hydrogen-bond donors (Lipinski definition) is 1. The molecule has 0 aliphatic carbocycles. The molecule has 0 amide bonds. The summed E-state index contributed by atoms with van der Waals surface area (Å²) in [4.78, 5) is 18.8. The zero-order chi connectivity index (χ0) is 11.1. The van der Waals surface area contributed by atoms with E-state index < -0.39 is 6.72 Å². The highest BCUT2D eigenvalue weighted by Crippen LogP contribution is 2.56. The molecule has 0 bridgehead atoms. The second-order valence-electron chi connectivity index (χ2n) is 2.50. The van der Waals surface area contributed by atoms with Crippen LogP contribution in [0.25, 0.3) is 6.08 Å². The highest BCUT2D eigenvalue weighted by atomic mass is 32.7. The van der Waals surface area contributed by atoms with Gasteiger partial charge in [0.05, 0.1) is 0 Å². The van der Waals surface area contributed by atoms with Gasteiger partial charge in [0.2, 0.25) is 6.08 Å². The third kappa shape index (κ3) is 4.77. The lowest BCUT2D eigenvalue weighted by Gasteiger charge is -1.96. The fourth-order valence-corrected chi connectivity index (χ4v) is 2.25. The first-order valence-corrected chi connectivity index (χ1v) is 7.06. The van der Waals surface area contributed by atoms with Crippen LogP contribution in [0.3, 0.4) is 0 Å². The molecule has 6 heteroatoms. The topological polar surface area (TPSA) is 66.7 Å².